The van der Waals surface area contributed by atoms with Crippen LogP contribution < -0.4 is 15.5 Å². The number of aryl methyl sites for hydroxylation is 1. The van der Waals surface area contributed by atoms with Gasteiger partial charge < -0.3 is 14.6 Å². The predicted molar refractivity (Wildman–Crippen MR) is 96.0 cm³/mol. The Kier molecular flexibility index (Phi) is 5.79. The smallest absolute Gasteiger partial charge is 0.261 e. The molecule has 0 aliphatic carbocycles. The van der Waals surface area contributed by atoms with E-state index in [4.69, 9.17) is 4.74 Å². The van der Waals surface area contributed by atoms with Crippen LogP contribution in [0.2, 0.25) is 0 Å². The van der Waals surface area contributed by atoms with E-state index in [1.54, 1.807) is 31.4 Å². The number of nitrogens with zero attached hydrogens (tertiary/aromatic N) is 1. The quantitative estimate of drug-likeness (QED) is 0.882. The summed E-state index contributed by atoms with van der Waals surface area (Å²) >= 11 is 0. The first-order chi connectivity index (χ1) is 11.5. The predicted octanol–water partition coefficient (Wildman–Crippen LogP) is 3.53. The van der Waals surface area contributed by atoms with Crippen molar-refractivity contribution in [1.29, 1.82) is 0 Å². The maximum Gasteiger partial charge on any atom is 0.261 e. The Hall–Kier alpha value is -2.56. The van der Waals surface area contributed by atoms with Gasteiger partial charge in [-0.05, 0) is 32.4 Å². The van der Waals surface area contributed by atoms with Crippen LogP contribution in [0.15, 0.2) is 35.1 Å². The van der Waals surface area contributed by atoms with Crippen molar-refractivity contribution in [2.75, 3.05) is 12.4 Å². The summed E-state index contributed by atoms with van der Waals surface area (Å²) in [5, 5.41) is 2.79. The Morgan fingerprint density at radius 3 is 2.67 bits per heavy atom. The Labute approximate surface area is 142 Å². The van der Waals surface area contributed by atoms with Crippen LogP contribution in [0.4, 0.5) is 5.69 Å². The van der Waals surface area contributed by atoms with E-state index in [1.165, 1.54) is 6.07 Å². The number of amides is 1. The van der Waals surface area contributed by atoms with E-state index >= 15 is 0 Å². The summed E-state index contributed by atoms with van der Waals surface area (Å²) in [6.07, 6.45) is 2.05. The van der Waals surface area contributed by atoms with Crippen LogP contribution in [-0.4, -0.2) is 17.6 Å². The van der Waals surface area contributed by atoms with Crippen molar-refractivity contribution in [1.82, 2.24) is 4.57 Å². The van der Waals surface area contributed by atoms with Gasteiger partial charge in [0.1, 0.15) is 11.3 Å². The third kappa shape index (κ3) is 3.85. The molecule has 0 saturated carbocycles. The van der Waals surface area contributed by atoms with E-state index in [0.29, 0.717) is 17.1 Å². The molecule has 2 rings (SSSR count). The molecule has 0 unspecified atom stereocenters. The van der Waals surface area contributed by atoms with Crippen LogP contribution in [0.25, 0.3) is 0 Å². The molecule has 1 aromatic heterocycles. The van der Waals surface area contributed by atoms with Gasteiger partial charge in [0, 0.05) is 35.8 Å². The number of hydrogen-bond donors (Lipinski definition) is 1. The largest absolute Gasteiger partial charge is 0.497 e. The highest BCUT2D eigenvalue weighted by atomic mass is 16.5. The molecule has 1 aromatic carbocycles. The molecule has 5 heteroatoms. The number of carbonyl (C=O) groups excluding carboxylic acids is 1. The van der Waals surface area contributed by atoms with Crippen molar-refractivity contribution in [3.63, 3.8) is 0 Å². The monoisotopic (exact) mass is 328 g/mol. The average molecular weight is 328 g/mol. The molecule has 0 bridgehead atoms. The second kappa shape index (κ2) is 7.81. The number of hydrogen-bond acceptors (Lipinski definition) is 3. The molecule has 0 atom stereocenters. The number of anilines is 1. The van der Waals surface area contributed by atoms with Crippen molar-refractivity contribution in [2.45, 2.75) is 40.2 Å². The number of methoxy groups -OCH3 is 1. The highest BCUT2D eigenvalue weighted by Gasteiger charge is 2.17. The molecular weight excluding hydrogens is 304 g/mol. The van der Waals surface area contributed by atoms with Crippen LogP contribution in [0.5, 0.6) is 5.75 Å². The zero-order chi connectivity index (χ0) is 17.7. The lowest BCUT2D eigenvalue weighted by molar-refractivity contribution is 0.102. The first-order valence-electron chi connectivity index (χ1n) is 8.14. The molecule has 0 saturated heterocycles. The third-order valence-electron chi connectivity index (χ3n) is 4.07. The Morgan fingerprint density at radius 2 is 2.00 bits per heavy atom. The number of aromatic nitrogens is 1. The molecule has 1 heterocycles. The van der Waals surface area contributed by atoms with Crippen molar-refractivity contribution < 1.29 is 9.53 Å². The van der Waals surface area contributed by atoms with Gasteiger partial charge in [-0.2, -0.15) is 0 Å². The third-order valence-corrected chi connectivity index (χ3v) is 4.07. The first-order valence-corrected chi connectivity index (χ1v) is 8.14. The fourth-order valence-electron chi connectivity index (χ4n) is 2.75. The lowest BCUT2D eigenvalue weighted by Crippen LogP contribution is -2.27. The maximum atomic E-state index is 12.6. The number of ether oxygens (including phenoxy) is 1. The lowest BCUT2D eigenvalue weighted by Gasteiger charge is -2.17. The van der Waals surface area contributed by atoms with Crippen LogP contribution in [-0.2, 0) is 6.54 Å². The van der Waals surface area contributed by atoms with Gasteiger partial charge in [0.25, 0.3) is 5.91 Å². The summed E-state index contributed by atoms with van der Waals surface area (Å²) in [4.78, 5) is 25.0. The topological polar surface area (TPSA) is 60.3 Å². The van der Waals surface area contributed by atoms with Crippen molar-refractivity contribution in [3.05, 3.63) is 57.5 Å². The summed E-state index contributed by atoms with van der Waals surface area (Å²) in [5.41, 5.74) is 2.12. The molecule has 5 nitrogen and oxygen atoms in total. The van der Waals surface area contributed by atoms with Gasteiger partial charge in [0.05, 0.1) is 7.11 Å². The van der Waals surface area contributed by atoms with Crippen molar-refractivity contribution in [2.24, 2.45) is 0 Å². The Morgan fingerprint density at radius 1 is 1.25 bits per heavy atom. The van der Waals surface area contributed by atoms with Crippen LogP contribution in [0.1, 0.15) is 41.5 Å². The van der Waals surface area contributed by atoms with E-state index in [9.17, 15) is 9.59 Å². The summed E-state index contributed by atoms with van der Waals surface area (Å²) in [7, 11) is 1.57. The van der Waals surface area contributed by atoms with Gasteiger partial charge in [-0.1, -0.05) is 19.4 Å². The van der Waals surface area contributed by atoms with Crippen LogP contribution in [0, 0.1) is 13.8 Å². The van der Waals surface area contributed by atoms with Gasteiger partial charge in [0.15, 0.2) is 5.43 Å². The molecule has 2 aromatic rings. The minimum Gasteiger partial charge on any atom is -0.497 e. The molecule has 0 aliphatic heterocycles. The van der Waals surface area contributed by atoms with Crippen LogP contribution in [0.3, 0.4) is 0 Å². The standard InChI is InChI=1S/C19H24N2O3/c1-5-6-10-21-13(2)11-17(22)18(14(21)3)19(23)20-15-8-7-9-16(12-15)24-4/h7-9,11-12H,5-6,10H2,1-4H3,(H,20,23). The molecule has 0 radical (unpaired) electrons. The zero-order valence-electron chi connectivity index (χ0n) is 14.7. The molecule has 1 amide bonds. The molecule has 0 aliphatic rings. The molecule has 1 N–H and O–H groups in total. The second-order valence-corrected chi connectivity index (χ2v) is 5.80. The number of unbranched alkanes of at least 4 members (excludes halogenated alkanes) is 1. The fraction of sp³-hybridized carbons (Fsp3) is 0.368. The minimum absolute atomic E-state index is 0.194. The number of benzene rings is 1. The van der Waals surface area contributed by atoms with E-state index in [0.717, 1.165) is 25.1 Å². The number of pyridine rings is 1. The first kappa shape index (κ1) is 17.8. The van der Waals surface area contributed by atoms with E-state index in [-0.39, 0.29) is 11.0 Å². The molecule has 128 valence electrons. The number of carbonyl (C=O) groups is 1. The summed E-state index contributed by atoms with van der Waals surface area (Å²) < 4.78 is 7.18. The summed E-state index contributed by atoms with van der Waals surface area (Å²) in [5.74, 6) is 0.254. The zero-order valence-corrected chi connectivity index (χ0v) is 14.7. The lowest BCUT2D eigenvalue weighted by atomic mass is 10.1. The Balaban J connectivity index is 2.36. The number of rotatable bonds is 6. The summed E-state index contributed by atoms with van der Waals surface area (Å²) in [6.45, 7) is 6.63. The normalized spacial score (nSPS) is 10.5. The van der Waals surface area contributed by atoms with E-state index < -0.39 is 5.91 Å². The number of nitrogens with one attached hydrogen (secondary N) is 1. The molecule has 0 fully saturated rings. The van der Waals surface area contributed by atoms with Crippen LogP contribution >= 0.6 is 0 Å². The van der Waals surface area contributed by atoms with Gasteiger partial charge in [-0.15, -0.1) is 0 Å². The molecular formula is C19H24N2O3. The maximum absolute atomic E-state index is 12.6. The Bertz CT molecular complexity index is 794. The highest BCUT2D eigenvalue weighted by Crippen LogP contribution is 2.18. The van der Waals surface area contributed by atoms with Gasteiger partial charge in [0.2, 0.25) is 0 Å². The van der Waals surface area contributed by atoms with Gasteiger partial charge >= 0.3 is 0 Å². The van der Waals surface area contributed by atoms with Gasteiger partial charge in [-0.3, -0.25) is 9.59 Å². The SMILES string of the molecule is CCCCn1c(C)cc(=O)c(C(=O)Nc2cccc(OC)c2)c1C. The van der Waals surface area contributed by atoms with Gasteiger partial charge in [-0.25, -0.2) is 0 Å². The van der Waals surface area contributed by atoms with E-state index in [1.807, 2.05) is 18.4 Å². The van der Waals surface area contributed by atoms with Crippen molar-refractivity contribution >= 4 is 11.6 Å². The fourth-order valence-corrected chi connectivity index (χ4v) is 2.75. The molecule has 0 spiro atoms. The average Bonchev–Trinajstić information content (AvgIpc) is 2.54. The second-order valence-electron chi connectivity index (χ2n) is 5.80. The minimum atomic E-state index is -0.393. The van der Waals surface area contributed by atoms with Crippen molar-refractivity contribution in [3.8, 4) is 5.75 Å². The summed E-state index contributed by atoms with van der Waals surface area (Å²) in [6, 6.07) is 8.60. The highest BCUT2D eigenvalue weighted by molar-refractivity contribution is 6.05. The van der Waals surface area contributed by atoms with E-state index in [2.05, 4.69) is 12.2 Å². The molecule has 24 heavy (non-hydrogen) atoms.